The van der Waals surface area contributed by atoms with E-state index in [2.05, 4.69) is 0 Å². The van der Waals surface area contributed by atoms with Crippen molar-refractivity contribution in [2.75, 3.05) is 13.1 Å². The number of carbonyl (C=O) groups is 1. The molecule has 16 heavy (non-hydrogen) atoms. The van der Waals surface area contributed by atoms with E-state index in [9.17, 15) is 4.79 Å². The van der Waals surface area contributed by atoms with Crippen LogP contribution in [-0.4, -0.2) is 29.1 Å². The van der Waals surface area contributed by atoms with Crippen molar-refractivity contribution in [3.05, 3.63) is 42.1 Å². The molecule has 2 amide bonds. The molecule has 0 unspecified atom stereocenters. The van der Waals surface area contributed by atoms with Crippen LogP contribution in [0.2, 0.25) is 0 Å². The van der Waals surface area contributed by atoms with Crippen molar-refractivity contribution in [2.24, 2.45) is 5.73 Å². The van der Waals surface area contributed by atoms with Crippen molar-refractivity contribution >= 4 is 11.6 Å². The Morgan fingerprint density at radius 2 is 2.06 bits per heavy atom. The third-order valence-corrected chi connectivity index (χ3v) is 2.66. The van der Waals surface area contributed by atoms with Crippen molar-refractivity contribution in [1.82, 2.24) is 10.0 Å². The third kappa shape index (κ3) is 1.86. The van der Waals surface area contributed by atoms with E-state index in [1.165, 1.54) is 0 Å². The topological polar surface area (TPSA) is 49.6 Å². The molecule has 4 heteroatoms. The molecule has 0 radical (unpaired) electrons. The van der Waals surface area contributed by atoms with Crippen LogP contribution < -0.4 is 5.73 Å². The van der Waals surface area contributed by atoms with E-state index in [0.29, 0.717) is 6.54 Å². The first-order valence-corrected chi connectivity index (χ1v) is 5.32. The van der Waals surface area contributed by atoms with Gasteiger partial charge in [-0.05, 0) is 18.1 Å². The van der Waals surface area contributed by atoms with Crippen molar-refractivity contribution in [3.8, 4) is 0 Å². The quantitative estimate of drug-likeness (QED) is 0.819. The lowest BCUT2D eigenvalue weighted by Gasteiger charge is -2.25. The summed E-state index contributed by atoms with van der Waals surface area (Å²) < 4.78 is 0. The lowest BCUT2D eigenvalue weighted by molar-refractivity contribution is 0.0962. The summed E-state index contributed by atoms with van der Waals surface area (Å²) in [6, 6.07) is 9.60. The molecule has 2 N–H and O–H groups in total. The first-order valence-electron chi connectivity index (χ1n) is 5.32. The van der Waals surface area contributed by atoms with Crippen LogP contribution in [0.3, 0.4) is 0 Å². The molecule has 84 valence electrons. The Labute approximate surface area is 94.9 Å². The molecule has 0 aliphatic carbocycles. The summed E-state index contributed by atoms with van der Waals surface area (Å²) in [7, 11) is 0. The Balaban J connectivity index is 2.23. The highest BCUT2D eigenvalue weighted by molar-refractivity contribution is 5.78. The average molecular weight is 217 g/mol. The second-order valence-corrected chi connectivity index (χ2v) is 3.67. The van der Waals surface area contributed by atoms with E-state index >= 15 is 0 Å². The number of carbonyl (C=O) groups excluding carboxylic acids is 1. The molecule has 0 spiro atoms. The molecule has 4 nitrogen and oxygen atoms in total. The number of nitrogens with two attached hydrogens (primary N) is 1. The number of hydrazine groups is 1. The molecule has 2 rings (SSSR count). The number of amides is 2. The van der Waals surface area contributed by atoms with E-state index in [4.69, 9.17) is 5.73 Å². The highest BCUT2D eigenvalue weighted by atomic mass is 16.2. The number of urea groups is 1. The van der Waals surface area contributed by atoms with Crippen molar-refractivity contribution in [3.63, 3.8) is 0 Å². The van der Waals surface area contributed by atoms with Gasteiger partial charge >= 0.3 is 6.03 Å². The van der Waals surface area contributed by atoms with Crippen LogP contribution in [0, 0.1) is 0 Å². The zero-order valence-corrected chi connectivity index (χ0v) is 9.26. The first-order chi connectivity index (χ1) is 7.72. The number of primary amides is 1. The average Bonchev–Trinajstić information content (AvgIpc) is 2.74. The zero-order chi connectivity index (χ0) is 11.5. The summed E-state index contributed by atoms with van der Waals surface area (Å²) in [5.74, 6) is 0. The van der Waals surface area contributed by atoms with Crippen LogP contribution in [0.4, 0.5) is 4.79 Å². The fourth-order valence-electron chi connectivity index (χ4n) is 1.83. The lowest BCUT2D eigenvalue weighted by Crippen LogP contribution is -2.43. The summed E-state index contributed by atoms with van der Waals surface area (Å²) in [6.07, 6.45) is 1.97. The summed E-state index contributed by atoms with van der Waals surface area (Å²) in [4.78, 5) is 11.2. The molecule has 0 fully saturated rings. The predicted octanol–water partition coefficient (Wildman–Crippen LogP) is 1.66. The SMILES string of the molecule is CCN1C=C(c2ccccc2)CN1C(N)=O. The maximum Gasteiger partial charge on any atom is 0.333 e. The maximum atomic E-state index is 11.2. The molecule has 1 aliphatic rings. The van der Waals surface area contributed by atoms with Gasteiger partial charge < -0.3 is 5.73 Å². The standard InChI is InChI=1S/C12H15N3O/c1-2-14-8-11(9-15(14)12(13)16)10-6-4-3-5-7-10/h3-8H,2,9H2,1H3,(H2,13,16). The number of hydrogen-bond acceptors (Lipinski definition) is 2. The molecule has 0 atom stereocenters. The molecule has 0 saturated heterocycles. The zero-order valence-electron chi connectivity index (χ0n) is 9.26. The van der Waals surface area contributed by atoms with Crippen LogP contribution in [0.25, 0.3) is 5.57 Å². The largest absolute Gasteiger partial charge is 0.350 e. The summed E-state index contributed by atoms with van der Waals surface area (Å²) in [6.45, 7) is 3.27. The van der Waals surface area contributed by atoms with Gasteiger partial charge in [-0.1, -0.05) is 30.3 Å². The molecular formula is C12H15N3O. The molecule has 0 saturated carbocycles. The minimum atomic E-state index is -0.413. The van der Waals surface area contributed by atoms with Crippen LogP contribution in [0.1, 0.15) is 12.5 Å². The second-order valence-electron chi connectivity index (χ2n) is 3.67. The van der Waals surface area contributed by atoms with Gasteiger partial charge in [-0.25, -0.2) is 9.80 Å². The van der Waals surface area contributed by atoms with E-state index < -0.39 is 6.03 Å². The van der Waals surface area contributed by atoms with Crippen LogP contribution in [0.5, 0.6) is 0 Å². The molecule has 1 aromatic rings. The molecule has 1 aromatic carbocycles. The van der Waals surface area contributed by atoms with E-state index in [-0.39, 0.29) is 0 Å². The highest BCUT2D eigenvalue weighted by Gasteiger charge is 2.24. The fourth-order valence-corrected chi connectivity index (χ4v) is 1.83. The van der Waals surface area contributed by atoms with Gasteiger partial charge in [0.1, 0.15) is 0 Å². The number of benzene rings is 1. The number of hydrogen-bond donors (Lipinski definition) is 1. The number of rotatable bonds is 2. The highest BCUT2D eigenvalue weighted by Crippen LogP contribution is 2.23. The smallest absolute Gasteiger partial charge is 0.333 e. The Kier molecular flexibility index (Phi) is 2.81. The maximum absolute atomic E-state index is 11.2. The Morgan fingerprint density at radius 3 is 2.56 bits per heavy atom. The van der Waals surface area contributed by atoms with E-state index in [0.717, 1.165) is 17.7 Å². The van der Waals surface area contributed by atoms with Crippen LogP contribution in [0.15, 0.2) is 36.5 Å². The van der Waals surface area contributed by atoms with Gasteiger partial charge in [-0.3, -0.25) is 5.01 Å². The Morgan fingerprint density at radius 1 is 1.38 bits per heavy atom. The van der Waals surface area contributed by atoms with Gasteiger partial charge in [0.25, 0.3) is 0 Å². The van der Waals surface area contributed by atoms with Crippen molar-refractivity contribution < 1.29 is 4.79 Å². The minimum Gasteiger partial charge on any atom is -0.350 e. The molecule has 1 heterocycles. The summed E-state index contributed by atoms with van der Waals surface area (Å²) in [5.41, 5.74) is 7.56. The normalized spacial score (nSPS) is 15.2. The minimum absolute atomic E-state index is 0.413. The Bertz CT molecular complexity index is 414. The van der Waals surface area contributed by atoms with Gasteiger partial charge in [0.15, 0.2) is 0 Å². The van der Waals surface area contributed by atoms with Gasteiger partial charge in [-0.15, -0.1) is 0 Å². The van der Waals surface area contributed by atoms with Gasteiger partial charge in [0, 0.05) is 12.7 Å². The lowest BCUT2D eigenvalue weighted by atomic mass is 10.1. The van der Waals surface area contributed by atoms with Crippen molar-refractivity contribution in [1.29, 1.82) is 0 Å². The van der Waals surface area contributed by atoms with Crippen LogP contribution in [-0.2, 0) is 0 Å². The fraction of sp³-hybridized carbons (Fsp3) is 0.250. The molecule has 0 aromatic heterocycles. The number of nitrogens with zero attached hydrogens (tertiary/aromatic N) is 2. The third-order valence-electron chi connectivity index (χ3n) is 2.66. The Hall–Kier alpha value is -1.97. The van der Waals surface area contributed by atoms with Crippen LogP contribution >= 0.6 is 0 Å². The van der Waals surface area contributed by atoms with Gasteiger partial charge in [-0.2, -0.15) is 0 Å². The molecule has 0 bridgehead atoms. The summed E-state index contributed by atoms with van der Waals surface area (Å²) >= 11 is 0. The molecule has 1 aliphatic heterocycles. The monoisotopic (exact) mass is 217 g/mol. The van der Waals surface area contributed by atoms with Crippen molar-refractivity contribution in [2.45, 2.75) is 6.92 Å². The summed E-state index contributed by atoms with van der Waals surface area (Å²) in [5, 5.41) is 3.38. The van der Waals surface area contributed by atoms with E-state index in [1.54, 1.807) is 5.01 Å². The second kappa shape index (κ2) is 4.26. The first kappa shape index (κ1) is 10.5. The van der Waals surface area contributed by atoms with Gasteiger partial charge in [0.05, 0.1) is 6.54 Å². The predicted molar refractivity (Wildman–Crippen MR) is 63.1 cm³/mol. The van der Waals surface area contributed by atoms with Gasteiger partial charge in [0.2, 0.25) is 0 Å². The van der Waals surface area contributed by atoms with E-state index in [1.807, 2.05) is 48.5 Å². The molecular weight excluding hydrogens is 202 g/mol.